The molecule has 2 amide bonds. The third-order valence-electron chi connectivity index (χ3n) is 6.89. The van der Waals surface area contributed by atoms with Crippen LogP contribution in [0.2, 0.25) is 0 Å². The van der Waals surface area contributed by atoms with Gasteiger partial charge in [0, 0.05) is 22.2 Å². The summed E-state index contributed by atoms with van der Waals surface area (Å²) in [6, 6.07) is 7.98. The standard InChI is InChI=1S/C21H19N3O2/c1-10-16(11-4-2-3-5-17(11)23-10)9-22-24-20(25)18-12-6-7-13(15-8-14(12)15)19(18)21(24)26/h2-7,9,12-15,18-19,23H,8H2,1H3. The number of hydrazone groups is 1. The summed E-state index contributed by atoms with van der Waals surface area (Å²) in [7, 11) is 0. The summed E-state index contributed by atoms with van der Waals surface area (Å²) in [6.45, 7) is 1.98. The second-order valence-corrected chi connectivity index (χ2v) is 8.10. The summed E-state index contributed by atoms with van der Waals surface area (Å²) < 4.78 is 0. The van der Waals surface area contributed by atoms with E-state index in [4.69, 9.17) is 0 Å². The highest BCUT2D eigenvalue weighted by atomic mass is 16.2. The van der Waals surface area contributed by atoms with Crippen LogP contribution >= 0.6 is 0 Å². The number of hydrogen-bond donors (Lipinski definition) is 1. The highest BCUT2D eigenvalue weighted by molar-refractivity contribution is 6.07. The van der Waals surface area contributed by atoms with Crippen LogP contribution in [0.1, 0.15) is 17.7 Å². The fraction of sp³-hybridized carbons (Fsp3) is 0.381. The van der Waals surface area contributed by atoms with E-state index in [2.05, 4.69) is 22.2 Å². The third-order valence-corrected chi connectivity index (χ3v) is 6.89. The number of imide groups is 1. The molecule has 6 atom stereocenters. The number of aryl methyl sites for hydroxylation is 1. The van der Waals surface area contributed by atoms with Crippen LogP contribution in [0.25, 0.3) is 10.9 Å². The molecule has 130 valence electrons. The second-order valence-electron chi connectivity index (χ2n) is 8.10. The van der Waals surface area contributed by atoms with Gasteiger partial charge >= 0.3 is 0 Å². The quantitative estimate of drug-likeness (QED) is 0.517. The van der Waals surface area contributed by atoms with Gasteiger partial charge in [-0.05, 0) is 43.1 Å². The van der Waals surface area contributed by atoms with Gasteiger partial charge < -0.3 is 4.98 Å². The summed E-state index contributed by atoms with van der Waals surface area (Å²) >= 11 is 0. The van der Waals surface area contributed by atoms with Gasteiger partial charge in [-0.15, -0.1) is 0 Å². The fourth-order valence-electron chi connectivity index (χ4n) is 5.64. The number of para-hydroxylation sites is 1. The van der Waals surface area contributed by atoms with Crippen molar-refractivity contribution in [2.75, 3.05) is 0 Å². The van der Waals surface area contributed by atoms with Gasteiger partial charge in [-0.3, -0.25) is 9.59 Å². The maximum Gasteiger partial charge on any atom is 0.254 e. The van der Waals surface area contributed by atoms with Crippen molar-refractivity contribution in [3.8, 4) is 0 Å². The van der Waals surface area contributed by atoms with Gasteiger partial charge in [0.1, 0.15) is 0 Å². The van der Waals surface area contributed by atoms with E-state index in [1.165, 1.54) is 6.42 Å². The maximum atomic E-state index is 13.0. The molecule has 7 rings (SSSR count). The summed E-state index contributed by atoms with van der Waals surface area (Å²) in [6.07, 6.45) is 7.20. The number of rotatable bonds is 2. The number of amides is 2. The molecule has 2 bridgehead atoms. The van der Waals surface area contributed by atoms with Crippen molar-refractivity contribution in [2.24, 2.45) is 40.6 Å². The summed E-state index contributed by atoms with van der Waals surface area (Å²) in [5.74, 6) is 1.09. The van der Waals surface area contributed by atoms with Crippen LogP contribution in [-0.4, -0.2) is 28.0 Å². The van der Waals surface area contributed by atoms with Gasteiger partial charge in [0.2, 0.25) is 0 Å². The smallest absolute Gasteiger partial charge is 0.254 e. The van der Waals surface area contributed by atoms with E-state index < -0.39 is 0 Å². The van der Waals surface area contributed by atoms with Gasteiger partial charge in [-0.2, -0.15) is 10.1 Å². The molecule has 3 fully saturated rings. The first-order chi connectivity index (χ1) is 12.6. The zero-order valence-electron chi connectivity index (χ0n) is 14.4. The Hall–Kier alpha value is -2.69. The normalized spacial score (nSPS) is 37.0. The van der Waals surface area contributed by atoms with E-state index in [-0.39, 0.29) is 35.5 Å². The lowest BCUT2D eigenvalue weighted by atomic mass is 9.63. The molecule has 1 N–H and O–H groups in total. The molecule has 1 aromatic carbocycles. The van der Waals surface area contributed by atoms with Gasteiger partial charge in [0.05, 0.1) is 18.1 Å². The number of benzene rings is 1. The number of hydrogen-bond acceptors (Lipinski definition) is 3. The molecule has 1 aromatic heterocycles. The van der Waals surface area contributed by atoms with E-state index in [1.54, 1.807) is 6.21 Å². The minimum Gasteiger partial charge on any atom is -0.358 e. The SMILES string of the molecule is Cc1[nH]c2ccccc2c1C=NN1C(=O)C2C3C=CC(C4CC34)C2C1=O. The van der Waals surface area contributed by atoms with Crippen molar-refractivity contribution in [2.45, 2.75) is 13.3 Å². The van der Waals surface area contributed by atoms with Gasteiger partial charge in [-0.1, -0.05) is 30.4 Å². The van der Waals surface area contributed by atoms with Crippen molar-refractivity contribution in [1.29, 1.82) is 0 Å². The Morgan fingerprint density at radius 3 is 2.42 bits per heavy atom. The van der Waals surface area contributed by atoms with Gasteiger partial charge in [-0.25, -0.2) is 0 Å². The fourth-order valence-corrected chi connectivity index (χ4v) is 5.64. The Bertz CT molecular complexity index is 997. The summed E-state index contributed by atoms with van der Waals surface area (Å²) in [4.78, 5) is 29.2. The molecule has 5 heteroatoms. The van der Waals surface area contributed by atoms with Crippen molar-refractivity contribution in [3.63, 3.8) is 0 Å². The van der Waals surface area contributed by atoms with E-state index in [1.807, 2.05) is 31.2 Å². The number of carbonyl (C=O) groups excluding carboxylic acids is 2. The minimum absolute atomic E-state index is 0.113. The van der Waals surface area contributed by atoms with Crippen LogP contribution in [-0.2, 0) is 9.59 Å². The summed E-state index contributed by atoms with van der Waals surface area (Å²) in [5, 5.41) is 6.56. The van der Waals surface area contributed by atoms with Gasteiger partial charge in [0.15, 0.2) is 0 Å². The lowest BCUT2D eigenvalue weighted by Gasteiger charge is -2.37. The number of carbonyl (C=O) groups is 2. The number of nitrogens with one attached hydrogen (secondary N) is 1. The number of H-pyrrole nitrogens is 1. The third kappa shape index (κ3) is 1.68. The molecular formula is C21H19N3O2. The Morgan fingerprint density at radius 1 is 1.08 bits per heavy atom. The molecule has 2 aromatic rings. The Balaban J connectivity index is 1.36. The molecule has 26 heavy (non-hydrogen) atoms. The minimum atomic E-state index is -0.192. The first-order valence-corrected chi connectivity index (χ1v) is 9.32. The molecule has 5 nitrogen and oxygen atoms in total. The molecule has 6 unspecified atom stereocenters. The molecular weight excluding hydrogens is 326 g/mol. The van der Waals surface area contributed by atoms with Crippen LogP contribution in [0, 0.1) is 42.4 Å². The molecule has 2 heterocycles. The maximum absolute atomic E-state index is 13.0. The number of nitrogens with zero attached hydrogens (tertiary/aromatic N) is 2. The molecule has 5 aliphatic rings. The van der Waals surface area contributed by atoms with Crippen LogP contribution in [0.3, 0.4) is 0 Å². The van der Waals surface area contributed by atoms with Crippen LogP contribution in [0.5, 0.6) is 0 Å². The Kier molecular flexibility index (Phi) is 2.63. The highest BCUT2D eigenvalue weighted by Gasteiger charge is 2.67. The zero-order chi connectivity index (χ0) is 17.6. The molecule has 0 spiro atoms. The highest BCUT2D eigenvalue weighted by Crippen LogP contribution is 2.65. The first-order valence-electron chi connectivity index (χ1n) is 9.32. The molecule has 2 saturated carbocycles. The number of fused-ring (bicyclic) bond motifs is 1. The van der Waals surface area contributed by atoms with Crippen molar-refractivity contribution >= 4 is 28.9 Å². The lowest BCUT2D eigenvalue weighted by Crippen LogP contribution is -2.40. The number of aromatic amines is 1. The number of aromatic nitrogens is 1. The van der Waals surface area contributed by atoms with Crippen molar-refractivity contribution in [3.05, 3.63) is 47.7 Å². The van der Waals surface area contributed by atoms with Crippen molar-refractivity contribution < 1.29 is 9.59 Å². The monoisotopic (exact) mass is 345 g/mol. The average Bonchev–Trinajstić information content (AvgIpc) is 3.36. The van der Waals surface area contributed by atoms with Crippen LogP contribution in [0.15, 0.2) is 41.5 Å². The summed E-state index contributed by atoms with van der Waals surface area (Å²) in [5.41, 5.74) is 2.94. The van der Waals surface area contributed by atoms with E-state index in [0.29, 0.717) is 11.8 Å². The Labute approximate surface area is 150 Å². The van der Waals surface area contributed by atoms with Crippen LogP contribution in [0.4, 0.5) is 0 Å². The zero-order valence-corrected chi connectivity index (χ0v) is 14.4. The van der Waals surface area contributed by atoms with E-state index >= 15 is 0 Å². The van der Waals surface area contributed by atoms with E-state index in [9.17, 15) is 9.59 Å². The Morgan fingerprint density at radius 2 is 1.73 bits per heavy atom. The molecule has 1 aliphatic heterocycles. The van der Waals surface area contributed by atoms with E-state index in [0.717, 1.165) is 27.2 Å². The largest absolute Gasteiger partial charge is 0.358 e. The molecule has 1 saturated heterocycles. The van der Waals surface area contributed by atoms with Gasteiger partial charge in [0.25, 0.3) is 11.8 Å². The second kappa shape index (κ2) is 4.72. The topological polar surface area (TPSA) is 65.5 Å². The predicted molar refractivity (Wildman–Crippen MR) is 97.2 cm³/mol. The van der Waals surface area contributed by atoms with Crippen LogP contribution < -0.4 is 0 Å². The van der Waals surface area contributed by atoms with Crippen molar-refractivity contribution in [1.82, 2.24) is 9.99 Å². The lowest BCUT2D eigenvalue weighted by molar-refractivity contribution is -0.140. The average molecular weight is 345 g/mol. The molecule has 4 aliphatic carbocycles. The first kappa shape index (κ1) is 14.5. The number of allylic oxidation sites excluding steroid dienone is 2. The predicted octanol–water partition coefficient (Wildman–Crippen LogP) is 2.86. The molecule has 0 radical (unpaired) electrons.